The molecule has 214 valence electrons. The van der Waals surface area contributed by atoms with Crippen molar-refractivity contribution in [2.75, 3.05) is 19.5 Å². The molecule has 5 aromatic carbocycles. The molecule has 1 heterocycles. The molecular formula is C35H28FN3O4. The van der Waals surface area contributed by atoms with Gasteiger partial charge in [-0.2, -0.15) is 0 Å². The molecule has 1 amide bonds. The Morgan fingerprint density at radius 1 is 0.767 bits per heavy atom. The van der Waals surface area contributed by atoms with Gasteiger partial charge in [-0.15, -0.1) is 0 Å². The van der Waals surface area contributed by atoms with Crippen LogP contribution in [0.5, 0.6) is 23.0 Å². The van der Waals surface area contributed by atoms with E-state index in [0.29, 0.717) is 39.9 Å². The van der Waals surface area contributed by atoms with Crippen molar-refractivity contribution in [1.82, 2.24) is 9.55 Å². The van der Waals surface area contributed by atoms with Crippen LogP contribution in [0.4, 0.5) is 10.1 Å². The number of rotatable bonds is 9. The Balaban J connectivity index is 1.24. The molecule has 0 bridgehead atoms. The van der Waals surface area contributed by atoms with Crippen LogP contribution in [0.3, 0.4) is 0 Å². The summed E-state index contributed by atoms with van der Waals surface area (Å²) in [6.07, 6.45) is 0. The number of fused-ring (bicyclic) bond motifs is 1. The lowest BCUT2D eigenvalue weighted by Crippen LogP contribution is -2.20. The highest BCUT2D eigenvalue weighted by Crippen LogP contribution is 2.35. The van der Waals surface area contributed by atoms with Crippen LogP contribution in [-0.2, 0) is 11.3 Å². The quantitative estimate of drug-likeness (QED) is 0.190. The van der Waals surface area contributed by atoms with Crippen LogP contribution in [-0.4, -0.2) is 29.7 Å². The van der Waals surface area contributed by atoms with Crippen molar-refractivity contribution in [3.8, 4) is 45.5 Å². The second kappa shape index (κ2) is 12.1. The van der Waals surface area contributed by atoms with Crippen LogP contribution in [0.25, 0.3) is 33.5 Å². The van der Waals surface area contributed by atoms with Gasteiger partial charge in [0.25, 0.3) is 0 Å². The van der Waals surface area contributed by atoms with E-state index in [9.17, 15) is 9.18 Å². The number of nitrogens with zero attached hydrogens (tertiary/aromatic N) is 2. The molecule has 0 aliphatic carbocycles. The average molecular weight is 574 g/mol. The highest BCUT2D eigenvalue weighted by Gasteiger charge is 2.20. The van der Waals surface area contributed by atoms with Gasteiger partial charge in [0.05, 0.1) is 36.5 Å². The Kier molecular flexibility index (Phi) is 7.74. The molecule has 6 rings (SSSR count). The number of methoxy groups -OCH3 is 2. The zero-order chi connectivity index (χ0) is 29.8. The van der Waals surface area contributed by atoms with Gasteiger partial charge < -0.3 is 24.1 Å². The number of para-hydroxylation sites is 2. The van der Waals surface area contributed by atoms with Crippen LogP contribution in [0.15, 0.2) is 115 Å². The summed E-state index contributed by atoms with van der Waals surface area (Å²) in [6, 6.07) is 34.8. The molecule has 0 radical (unpaired) electrons. The molecule has 6 aromatic rings. The number of hydrogen-bond donors (Lipinski definition) is 1. The number of nitrogens with one attached hydrogen (secondary N) is 1. The van der Waals surface area contributed by atoms with Crippen LogP contribution >= 0.6 is 0 Å². The van der Waals surface area contributed by atoms with E-state index < -0.39 is 11.7 Å². The molecule has 0 saturated carbocycles. The summed E-state index contributed by atoms with van der Waals surface area (Å²) in [7, 11) is 3.15. The minimum atomic E-state index is -0.578. The monoisotopic (exact) mass is 573 g/mol. The van der Waals surface area contributed by atoms with Crippen molar-refractivity contribution in [3.63, 3.8) is 0 Å². The van der Waals surface area contributed by atoms with Gasteiger partial charge in [0.1, 0.15) is 41.2 Å². The minimum absolute atomic E-state index is 0.00772. The minimum Gasteiger partial charge on any atom is -0.497 e. The summed E-state index contributed by atoms with van der Waals surface area (Å²) in [5.74, 6) is 1.67. The van der Waals surface area contributed by atoms with Gasteiger partial charge in [-0.25, -0.2) is 9.37 Å². The number of ether oxygens (including phenoxy) is 3. The molecule has 0 aliphatic heterocycles. The first-order valence-corrected chi connectivity index (χ1v) is 13.6. The maximum Gasteiger partial charge on any atom is 0.244 e. The van der Waals surface area contributed by atoms with E-state index in [4.69, 9.17) is 19.2 Å². The smallest absolute Gasteiger partial charge is 0.244 e. The number of amides is 1. The van der Waals surface area contributed by atoms with E-state index in [0.717, 1.165) is 16.6 Å². The fourth-order valence-electron chi connectivity index (χ4n) is 4.91. The molecule has 0 unspecified atom stereocenters. The first-order valence-electron chi connectivity index (χ1n) is 13.6. The molecule has 1 aromatic heterocycles. The third kappa shape index (κ3) is 5.90. The van der Waals surface area contributed by atoms with E-state index in [1.165, 1.54) is 18.2 Å². The molecule has 7 nitrogen and oxygen atoms in total. The van der Waals surface area contributed by atoms with E-state index in [1.807, 2.05) is 78.9 Å². The topological polar surface area (TPSA) is 74.6 Å². The number of benzene rings is 5. The second-order valence-corrected chi connectivity index (χ2v) is 9.76. The second-order valence-electron chi connectivity index (χ2n) is 9.76. The SMILES string of the molecule is COc1ccc(OC)c(-c2nc3ccccc3n2CC(=O)Nc2cc(Oc3ccc(-c4ccccc4)cc3)ccc2F)c1. The fourth-order valence-corrected chi connectivity index (χ4v) is 4.91. The van der Waals surface area contributed by atoms with Crippen LogP contribution in [0.2, 0.25) is 0 Å². The first-order chi connectivity index (χ1) is 21.0. The van der Waals surface area contributed by atoms with Crippen molar-refractivity contribution >= 4 is 22.6 Å². The molecule has 0 aliphatic rings. The van der Waals surface area contributed by atoms with E-state index in [1.54, 1.807) is 37.0 Å². The largest absolute Gasteiger partial charge is 0.497 e. The number of aromatic nitrogens is 2. The Bertz CT molecular complexity index is 1900. The zero-order valence-electron chi connectivity index (χ0n) is 23.6. The van der Waals surface area contributed by atoms with Gasteiger partial charge in [0.2, 0.25) is 5.91 Å². The van der Waals surface area contributed by atoms with E-state index in [-0.39, 0.29) is 12.2 Å². The van der Waals surface area contributed by atoms with Gasteiger partial charge in [0.15, 0.2) is 0 Å². The molecule has 1 N–H and O–H groups in total. The van der Waals surface area contributed by atoms with Crippen molar-refractivity contribution in [2.45, 2.75) is 6.54 Å². The van der Waals surface area contributed by atoms with Gasteiger partial charge in [-0.1, -0.05) is 54.6 Å². The van der Waals surface area contributed by atoms with Crippen molar-refractivity contribution in [1.29, 1.82) is 0 Å². The number of hydrogen-bond acceptors (Lipinski definition) is 5. The number of carbonyl (C=O) groups is 1. The predicted octanol–water partition coefficient (Wildman–Crippen LogP) is 7.96. The van der Waals surface area contributed by atoms with Crippen LogP contribution < -0.4 is 19.5 Å². The number of halogens is 1. The summed E-state index contributed by atoms with van der Waals surface area (Å²) in [5.41, 5.74) is 4.26. The van der Waals surface area contributed by atoms with Crippen LogP contribution in [0, 0.1) is 5.82 Å². The first kappa shape index (κ1) is 27.5. The summed E-state index contributed by atoms with van der Waals surface area (Å²) in [6.45, 7) is -0.123. The molecule has 0 spiro atoms. The number of anilines is 1. The van der Waals surface area contributed by atoms with Crippen LogP contribution in [0.1, 0.15) is 0 Å². The fraction of sp³-hybridized carbons (Fsp3) is 0.0857. The Labute approximate surface area is 248 Å². The molecular weight excluding hydrogens is 545 g/mol. The third-order valence-corrected chi connectivity index (χ3v) is 7.01. The molecule has 0 fully saturated rings. The molecule has 0 saturated heterocycles. The Hall–Kier alpha value is -5.63. The Morgan fingerprint density at radius 2 is 1.47 bits per heavy atom. The standard InChI is InChI=1S/C35H28FN3O4/c1-41-26-17-19-33(42-2)28(20-26)35-38-30-10-6-7-11-32(30)39(35)22-34(40)37-31-21-27(16-18-29(31)36)43-25-14-12-24(13-15-25)23-8-4-3-5-9-23/h3-21H,22H2,1-2H3,(H,37,40). The summed E-state index contributed by atoms with van der Waals surface area (Å²) >= 11 is 0. The van der Waals surface area contributed by atoms with Gasteiger partial charge in [0, 0.05) is 6.07 Å². The van der Waals surface area contributed by atoms with E-state index >= 15 is 0 Å². The van der Waals surface area contributed by atoms with Crippen molar-refractivity contribution in [2.24, 2.45) is 0 Å². The lowest BCUT2D eigenvalue weighted by Gasteiger charge is -2.14. The average Bonchev–Trinajstić information content (AvgIpc) is 3.41. The zero-order valence-corrected chi connectivity index (χ0v) is 23.6. The maximum absolute atomic E-state index is 14.8. The van der Waals surface area contributed by atoms with Gasteiger partial charge in [-0.3, -0.25) is 4.79 Å². The molecule has 43 heavy (non-hydrogen) atoms. The lowest BCUT2D eigenvalue weighted by atomic mass is 10.1. The van der Waals surface area contributed by atoms with E-state index in [2.05, 4.69) is 5.32 Å². The summed E-state index contributed by atoms with van der Waals surface area (Å²) in [4.78, 5) is 18.1. The molecule has 0 atom stereocenters. The number of imidazole rings is 1. The maximum atomic E-state index is 14.8. The van der Waals surface area contributed by atoms with Crippen molar-refractivity contribution in [3.05, 3.63) is 121 Å². The lowest BCUT2D eigenvalue weighted by molar-refractivity contribution is -0.116. The van der Waals surface area contributed by atoms with Crippen molar-refractivity contribution < 1.29 is 23.4 Å². The molecule has 8 heteroatoms. The highest BCUT2D eigenvalue weighted by atomic mass is 19.1. The predicted molar refractivity (Wildman–Crippen MR) is 165 cm³/mol. The van der Waals surface area contributed by atoms with Gasteiger partial charge in [-0.05, 0) is 65.7 Å². The third-order valence-electron chi connectivity index (χ3n) is 7.01. The van der Waals surface area contributed by atoms with Gasteiger partial charge >= 0.3 is 0 Å². The number of carbonyl (C=O) groups excluding carboxylic acids is 1. The summed E-state index contributed by atoms with van der Waals surface area (Å²) < 4.78 is 33.6. The Morgan fingerprint density at radius 3 is 2.23 bits per heavy atom. The summed E-state index contributed by atoms with van der Waals surface area (Å²) in [5, 5.41) is 2.70. The highest BCUT2D eigenvalue weighted by molar-refractivity contribution is 5.93. The normalized spacial score (nSPS) is 10.9.